The first-order valence-corrected chi connectivity index (χ1v) is 8.55. The van der Waals surface area contributed by atoms with Gasteiger partial charge in [-0.1, -0.05) is 6.92 Å². The number of phenols is 3. The van der Waals surface area contributed by atoms with Crippen LogP contribution in [0.3, 0.4) is 0 Å². The minimum Gasteiger partial charge on any atom is -0.504 e. The van der Waals surface area contributed by atoms with Gasteiger partial charge in [0.25, 0.3) is 0 Å². The van der Waals surface area contributed by atoms with Gasteiger partial charge in [-0.05, 0) is 55.7 Å². The molecule has 2 aliphatic rings. The molecule has 0 amide bonds. The molecule has 0 aromatic heterocycles. The van der Waals surface area contributed by atoms with Crippen LogP contribution < -0.4 is 0 Å². The largest absolute Gasteiger partial charge is 0.504 e. The maximum absolute atomic E-state index is 12.4. The molecule has 0 spiro atoms. The Balaban J connectivity index is 1.81. The molecule has 3 atom stereocenters. The van der Waals surface area contributed by atoms with E-state index >= 15 is 0 Å². The average molecular weight is 332 g/mol. The van der Waals surface area contributed by atoms with E-state index in [1.54, 1.807) is 6.92 Å². The number of hydrogen-bond donors (Lipinski definition) is 3. The number of rotatable bonds is 3. The number of aryl methyl sites for hydroxylation is 1. The molecule has 130 valence electrons. The molecule has 5 heteroatoms. The smallest absolute Gasteiger partial charge is 0.200 e. The molecule has 0 aliphatic heterocycles. The average Bonchev–Trinajstić information content (AvgIpc) is 2.85. The maximum Gasteiger partial charge on any atom is 0.200 e. The summed E-state index contributed by atoms with van der Waals surface area (Å²) < 4.78 is 0. The number of benzene rings is 1. The summed E-state index contributed by atoms with van der Waals surface area (Å²) in [7, 11) is 0. The van der Waals surface area contributed by atoms with Gasteiger partial charge in [-0.3, -0.25) is 9.59 Å². The number of carbonyl (C=O) groups excluding carboxylic acids is 2. The molecule has 2 fully saturated rings. The number of aromatic hydroxyl groups is 3. The lowest BCUT2D eigenvalue weighted by atomic mass is 9.62. The first-order valence-electron chi connectivity index (χ1n) is 8.55. The third-order valence-corrected chi connectivity index (χ3v) is 6.27. The summed E-state index contributed by atoms with van der Waals surface area (Å²) in [6, 6.07) is 1.44. The van der Waals surface area contributed by atoms with Gasteiger partial charge in [0.05, 0.1) is 0 Å². The van der Waals surface area contributed by atoms with Crippen LogP contribution in [-0.4, -0.2) is 26.9 Å². The van der Waals surface area contributed by atoms with E-state index in [9.17, 15) is 24.9 Å². The highest BCUT2D eigenvalue weighted by Crippen LogP contribution is 2.52. The van der Waals surface area contributed by atoms with Gasteiger partial charge in [-0.15, -0.1) is 0 Å². The van der Waals surface area contributed by atoms with Crippen LogP contribution in [-0.2, 0) is 16.0 Å². The fraction of sp³-hybridized carbons (Fsp3) is 0.579. The molecule has 0 radical (unpaired) electrons. The van der Waals surface area contributed by atoms with E-state index in [1.165, 1.54) is 6.07 Å². The number of ketones is 2. The molecule has 2 aliphatic carbocycles. The van der Waals surface area contributed by atoms with Crippen molar-refractivity contribution in [3.05, 3.63) is 17.2 Å². The lowest BCUT2D eigenvalue weighted by Crippen LogP contribution is -2.42. The van der Waals surface area contributed by atoms with E-state index in [0.29, 0.717) is 43.2 Å². The second-order valence-corrected chi connectivity index (χ2v) is 7.47. The zero-order valence-corrected chi connectivity index (χ0v) is 14.1. The fourth-order valence-electron chi connectivity index (χ4n) is 4.59. The second-order valence-electron chi connectivity index (χ2n) is 7.47. The molecule has 24 heavy (non-hydrogen) atoms. The van der Waals surface area contributed by atoms with Crippen LogP contribution in [0.4, 0.5) is 0 Å². The van der Waals surface area contributed by atoms with E-state index in [-0.39, 0.29) is 40.3 Å². The van der Waals surface area contributed by atoms with Gasteiger partial charge < -0.3 is 15.3 Å². The predicted molar refractivity (Wildman–Crippen MR) is 88.1 cm³/mol. The number of carbonyl (C=O) groups is 2. The van der Waals surface area contributed by atoms with E-state index in [0.717, 1.165) is 6.42 Å². The summed E-state index contributed by atoms with van der Waals surface area (Å²) in [5, 5.41) is 29.1. The monoisotopic (exact) mass is 332 g/mol. The molecule has 0 heterocycles. The van der Waals surface area contributed by atoms with Gasteiger partial charge in [-0.25, -0.2) is 0 Å². The molecular weight excluding hydrogens is 308 g/mol. The number of fused-ring (bicyclic) bond motifs is 1. The summed E-state index contributed by atoms with van der Waals surface area (Å²) >= 11 is 0. The summed E-state index contributed by atoms with van der Waals surface area (Å²) in [4.78, 5) is 24.7. The van der Waals surface area contributed by atoms with Gasteiger partial charge in [-0.2, -0.15) is 0 Å². The molecular formula is C19H24O5. The van der Waals surface area contributed by atoms with E-state index in [4.69, 9.17) is 0 Å². The van der Waals surface area contributed by atoms with Crippen molar-refractivity contribution in [1.29, 1.82) is 0 Å². The van der Waals surface area contributed by atoms with Crippen LogP contribution in [0, 0.1) is 24.2 Å². The third-order valence-electron chi connectivity index (χ3n) is 6.27. The molecule has 3 N–H and O–H groups in total. The topological polar surface area (TPSA) is 94.8 Å². The van der Waals surface area contributed by atoms with Crippen molar-refractivity contribution in [2.24, 2.45) is 17.3 Å². The Hall–Kier alpha value is -2.04. The second kappa shape index (κ2) is 5.80. The quantitative estimate of drug-likeness (QED) is 0.740. The standard InChI is InChI=1S/C19H24O5/c1-10-11(9-15(21)18(24)17(10)23)3-4-12-13-5-6-16(22)19(13,2)8-7-14(12)20/h9,12-13,21,23-24H,3-8H2,1-2H3/t12-,13-,19-/m0/s1. The van der Waals surface area contributed by atoms with E-state index in [2.05, 4.69) is 0 Å². The van der Waals surface area contributed by atoms with Gasteiger partial charge in [0.1, 0.15) is 11.6 Å². The SMILES string of the molecule is Cc1c(CC[C@@H]2C(=O)CC[C@]3(C)C(=O)CC[C@@H]23)cc(O)c(O)c1O. The summed E-state index contributed by atoms with van der Waals surface area (Å²) in [6.07, 6.45) is 3.56. The number of phenolic OH excluding ortho intramolecular Hbond substituents is 3. The van der Waals surface area contributed by atoms with Gasteiger partial charge in [0.2, 0.25) is 5.75 Å². The van der Waals surface area contributed by atoms with Crippen LogP contribution in [0.5, 0.6) is 17.2 Å². The fourth-order valence-corrected chi connectivity index (χ4v) is 4.59. The third kappa shape index (κ3) is 2.46. The molecule has 2 saturated carbocycles. The van der Waals surface area contributed by atoms with Crippen LogP contribution in [0.25, 0.3) is 0 Å². The Labute approximate surface area is 141 Å². The Morgan fingerprint density at radius 3 is 2.58 bits per heavy atom. The highest BCUT2D eigenvalue weighted by Gasteiger charge is 2.53. The number of hydrogen-bond acceptors (Lipinski definition) is 5. The van der Waals surface area contributed by atoms with Crippen molar-refractivity contribution in [3.8, 4) is 17.2 Å². The number of Topliss-reactive ketones (excluding diaryl/α,β-unsaturated/α-hetero) is 2. The van der Waals surface area contributed by atoms with Crippen LogP contribution in [0.2, 0.25) is 0 Å². The van der Waals surface area contributed by atoms with Crippen LogP contribution in [0.1, 0.15) is 50.2 Å². The van der Waals surface area contributed by atoms with Crippen LogP contribution in [0.15, 0.2) is 6.07 Å². The molecule has 5 nitrogen and oxygen atoms in total. The highest BCUT2D eigenvalue weighted by atomic mass is 16.3. The molecule has 0 bridgehead atoms. The predicted octanol–water partition coefficient (Wildman–Crippen LogP) is 3.01. The maximum atomic E-state index is 12.4. The lowest BCUT2D eigenvalue weighted by Gasteiger charge is -2.39. The summed E-state index contributed by atoms with van der Waals surface area (Å²) in [6.45, 7) is 3.67. The minimum absolute atomic E-state index is 0.103. The Morgan fingerprint density at radius 1 is 1.17 bits per heavy atom. The molecule has 1 aromatic rings. The van der Waals surface area contributed by atoms with Gasteiger partial charge in [0.15, 0.2) is 11.5 Å². The van der Waals surface area contributed by atoms with E-state index in [1.807, 2.05) is 6.92 Å². The molecule has 0 saturated heterocycles. The van der Waals surface area contributed by atoms with E-state index < -0.39 is 5.75 Å². The summed E-state index contributed by atoms with van der Waals surface area (Å²) in [5.74, 6) is -0.736. The minimum atomic E-state index is -0.515. The zero-order valence-electron chi connectivity index (χ0n) is 14.1. The summed E-state index contributed by atoms with van der Waals surface area (Å²) in [5.41, 5.74) is 0.860. The van der Waals surface area contributed by atoms with Gasteiger partial charge >= 0.3 is 0 Å². The van der Waals surface area contributed by atoms with Gasteiger partial charge in [0, 0.05) is 24.2 Å². The highest BCUT2D eigenvalue weighted by molar-refractivity contribution is 5.92. The van der Waals surface area contributed by atoms with Crippen molar-refractivity contribution in [3.63, 3.8) is 0 Å². The first-order chi connectivity index (χ1) is 11.3. The lowest BCUT2D eigenvalue weighted by molar-refractivity contribution is -0.136. The molecule has 1 aromatic carbocycles. The Morgan fingerprint density at radius 2 is 1.88 bits per heavy atom. The molecule has 3 rings (SSSR count). The van der Waals surface area contributed by atoms with Crippen molar-refractivity contribution >= 4 is 11.6 Å². The van der Waals surface area contributed by atoms with Crippen molar-refractivity contribution in [2.45, 2.75) is 52.4 Å². The van der Waals surface area contributed by atoms with Crippen LogP contribution >= 0.6 is 0 Å². The Bertz CT molecular complexity index is 708. The normalized spacial score (nSPS) is 29.8. The molecule has 0 unspecified atom stereocenters. The van der Waals surface area contributed by atoms with Crippen molar-refractivity contribution < 1.29 is 24.9 Å². The first kappa shape index (κ1) is 16.8. The zero-order chi connectivity index (χ0) is 17.6. The van der Waals surface area contributed by atoms with Crippen molar-refractivity contribution in [1.82, 2.24) is 0 Å². The Kier molecular flexibility index (Phi) is 4.06. The van der Waals surface area contributed by atoms with Crippen molar-refractivity contribution in [2.75, 3.05) is 0 Å².